The largest absolute Gasteiger partial charge is 0.486 e. The summed E-state index contributed by atoms with van der Waals surface area (Å²) in [6.45, 7) is 1.87. The summed E-state index contributed by atoms with van der Waals surface area (Å²) in [7, 11) is 0. The number of thioether (sulfide) groups is 1. The number of fused-ring (bicyclic) bond motifs is 1. The first-order valence-corrected chi connectivity index (χ1v) is 7.53. The van der Waals surface area contributed by atoms with Gasteiger partial charge >= 0.3 is 0 Å². The van der Waals surface area contributed by atoms with Crippen LogP contribution in [-0.4, -0.2) is 11.9 Å². The molecule has 2 atom stereocenters. The van der Waals surface area contributed by atoms with Crippen molar-refractivity contribution in [1.82, 2.24) is 0 Å². The van der Waals surface area contributed by atoms with Crippen LogP contribution in [0.4, 0.5) is 4.39 Å². The number of rotatable bonds is 2. The van der Waals surface area contributed by atoms with Crippen molar-refractivity contribution in [2.75, 3.05) is 5.75 Å². The predicted octanol–water partition coefficient (Wildman–Crippen LogP) is 3.69. The lowest BCUT2D eigenvalue weighted by Crippen LogP contribution is -2.35. The molecule has 0 radical (unpaired) electrons. The normalized spacial score (nSPS) is 19.1. The molecule has 0 aliphatic carbocycles. The van der Waals surface area contributed by atoms with Crippen molar-refractivity contribution in [2.24, 2.45) is 5.73 Å². The molecule has 2 nitrogen and oxygen atoms in total. The SMILES string of the molecule is Cc1cc(F)cc(C(N)C2CSc3ccccc3O2)c1. The zero-order valence-electron chi connectivity index (χ0n) is 11.2. The van der Waals surface area contributed by atoms with Crippen LogP contribution in [0.25, 0.3) is 0 Å². The predicted molar refractivity (Wildman–Crippen MR) is 79.6 cm³/mol. The molecule has 0 saturated carbocycles. The Kier molecular flexibility index (Phi) is 3.68. The number of hydrogen-bond donors (Lipinski definition) is 1. The zero-order valence-corrected chi connectivity index (χ0v) is 12.0. The third-order valence-electron chi connectivity index (χ3n) is 3.38. The topological polar surface area (TPSA) is 35.2 Å². The average molecular weight is 289 g/mol. The van der Waals surface area contributed by atoms with Gasteiger partial charge in [0.25, 0.3) is 0 Å². The van der Waals surface area contributed by atoms with E-state index in [4.69, 9.17) is 10.5 Å². The van der Waals surface area contributed by atoms with Crippen LogP contribution >= 0.6 is 11.8 Å². The highest BCUT2D eigenvalue weighted by Crippen LogP contribution is 2.37. The standard InChI is InChI=1S/C16H16FNOS/c1-10-6-11(8-12(17)7-10)16(18)14-9-20-15-5-3-2-4-13(15)19-14/h2-8,14,16H,9,18H2,1H3. The molecule has 0 amide bonds. The number of para-hydroxylation sites is 1. The van der Waals surface area contributed by atoms with Gasteiger partial charge in [0.05, 0.1) is 6.04 Å². The van der Waals surface area contributed by atoms with Crippen LogP contribution in [0.1, 0.15) is 17.2 Å². The Labute approximate surface area is 122 Å². The lowest BCUT2D eigenvalue weighted by molar-refractivity contribution is 0.185. The molecule has 2 aromatic rings. The summed E-state index contributed by atoms with van der Waals surface area (Å²) in [5.41, 5.74) is 7.92. The second kappa shape index (κ2) is 5.46. The number of ether oxygens (including phenoxy) is 1. The monoisotopic (exact) mass is 289 g/mol. The van der Waals surface area contributed by atoms with Crippen molar-refractivity contribution in [3.63, 3.8) is 0 Å². The third-order valence-corrected chi connectivity index (χ3v) is 4.52. The van der Waals surface area contributed by atoms with Crippen LogP contribution < -0.4 is 10.5 Å². The highest BCUT2D eigenvalue weighted by Gasteiger charge is 2.27. The Morgan fingerprint density at radius 3 is 2.90 bits per heavy atom. The minimum absolute atomic E-state index is 0.143. The van der Waals surface area contributed by atoms with Crippen molar-refractivity contribution in [3.8, 4) is 5.75 Å². The highest BCUT2D eigenvalue weighted by molar-refractivity contribution is 7.99. The van der Waals surface area contributed by atoms with Gasteiger partial charge in [0.1, 0.15) is 17.7 Å². The van der Waals surface area contributed by atoms with Crippen molar-refractivity contribution in [1.29, 1.82) is 0 Å². The molecule has 1 aliphatic rings. The Morgan fingerprint density at radius 2 is 2.10 bits per heavy atom. The fraction of sp³-hybridized carbons (Fsp3) is 0.250. The van der Waals surface area contributed by atoms with E-state index in [1.165, 1.54) is 12.1 Å². The molecule has 4 heteroatoms. The van der Waals surface area contributed by atoms with Crippen molar-refractivity contribution < 1.29 is 9.13 Å². The van der Waals surface area contributed by atoms with Gasteiger partial charge in [-0.2, -0.15) is 0 Å². The lowest BCUT2D eigenvalue weighted by Gasteiger charge is -2.30. The quantitative estimate of drug-likeness (QED) is 0.916. The molecule has 0 fully saturated rings. The second-order valence-electron chi connectivity index (χ2n) is 5.00. The minimum Gasteiger partial charge on any atom is -0.486 e. The van der Waals surface area contributed by atoms with Crippen molar-refractivity contribution >= 4 is 11.8 Å². The fourth-order valence-corrected chi connectivity index (χ4v) is 3.44. The molecule has 1 aliphatic heterocycles. The average Bonchev–Trinajstić information content (AvgIpc) is 2.45. The highest BCUT2D eigenvalue weighted by atomic mass is 32.2. The summed E-state index contributed by atoms with van der Waals surface area (Å²) in [6.07, 6.45) is -0.143. The molecular weight excluding hydrogens is 273 g/mol. The molecule has 0 saturated heterocycles. The molecule has 2 N–H and O–H groups in total. The van der Waals surface area contributed by atoms with Gasteiger partial charge in [-0.3, -0.25) is 0 Å². The van der Waals surface area contributed by atoms with E-state index < -0.39 is 0 Å². The lowest BCUT2D eigenvalue weighted by atomic mass is 10.0. The summed E-state index contributed by atoms with van der Waals surface area (Å²) in [5, 5.41) is 0. The molecule has 2 aromatic carbocycles. The van der Waals surface area contributed by atoms with E-state index in [0.29, 0.717) is 0 Å². The smallest absolute Gasteiger partial charge is 0.133 e. The minimum atomic E-state index is -0.328. The van der Waals surface area contributed by atoms with Crippen LogP contribution in [0.3, 0.4) is 0 Å². The molecule has 0 aromatic heterocycles. The van der Waals surface area contributed by atoms with Gasteiger partial charge in [0.2, 0.25) is 0 Å². The van der Waals surface area contributed by atoms with Gasteiger partial charge in [-0.1, -0.05) is 18.2 Å². The maximum Gasteiger partial charge on any atom is 0.133 e. The van der Waals surface area contributed by atoms with Crippen LogP contribution in [0, 0.1) is 12.7 Å². The van der Waals surface area contributed by atoms with Crippen LogP contribution in [0.2, 0.25) is 0 Å². The summed E-state index contributed by atoms with van der Waals surface area (Å²) < 4.78 is 19.5. The van der Waals surface area contributed by atoms with Crippen molar-refractivity contribution in [3.05, 3.63) is 59.4 Å². The Hall–Kier alpha value is -1.52. The summed E-state index contributed by atoms with van der Waals surface area (Å²) in [6, 6.07) is 12.5. The molecule has 20 heavy (non-hydrogen) atoms. The van der Waals surface area contributed by atoms with E-state index >= 15 is 0 Å². The fourth-order valence-electron chi connectivity index (χ4n) is 2.38. The van der Waals surface area contributed by atoms with E-state index in [0.717, 1.165) is 27.5 Å². The third kappa shape index (κ3) is 2.67. The van der Waals surface area contributed by atoms with Crippen LogP contribution in [0.15, 0.2) is 47.4 Å². The molecule has 104 valence electrons. The Bertz CT molecular complexity index is 611. The van der Waals surface area contributed by atoms with E-state index in [1.807, 2.05) is 37.3 Å². The molecule has 0 spiro atoms. The van der Waals surface area contributed by atoms with Gasteiger partial charge in [0.15, 0.2) is 0 Å². The van der Waals surface area contributed by atoms with E-state index in [-0.39, 0.29) is 18.0 Å². The van der Waals surface area contributed by atoms with E-state index in [1.54, 1.807) is 11.8 Å². The van der Waals surface area contributed by atoms with Gasteiger partial charge in [-0.15, -0.1) is 11.8 Å². The van der Waals surface area contributed by atoms with Crippen LogP contribution in [0.5, 0.6) is 5.75 Å². The maximum atomic E-state index is 13.5. The number of benzene rings is 2. The van der Waals surface area contributed by atoms with Crippen LogP contribution in [-0.2, 0) is 0 Å². The van der Waals surface area contributed by atoms with E-state index in [2.05, 4.69) is 0 Å². The Balaban J connectivity index is 1.83. The van der Waals surface area contributed by atoms with Gasteiger partial charge in [-0.05, 0) is 42.3 Å². The molecular formula is C16H16FNOS. The number of aryl methyl sites for hydroxylation is 1. The molecule has 1 heterocycles. The number of halogens is 1. The first-order chi connectivity index (χ1) is 9.63. The summed E-state index contributed by atoms with van der Waals surface area (Å²) >= 11 is 1.73. The first kappa shape index (κ1) is 13.5. The summed E-state index contributed by atoms with van der Waals surface area (Å²) in [5.74, 6) is 1.38. The molecule has 0 bridgehead atoms. The Morgan fingerprint density at radius 1 is 1.30 bits per heavy atom. The van der Waals surface area contributed by atoms with Gasteiger partial charge in [-0.25, -0.2) is 4.39 Å². The number of nitrogens with two attached hydrogens (primary N) is 1. The first-order valence-electron chi connectivity index (χ1n) is 6.54. The van der Waals surface area contributed by atoms with Gasteiger partial charge < -0.3 is 10.5 Å². The molecule has 2 unspecified atom stereocenters. The number of hydrogen-bond acceptors (Lipinski definition) is 3. The maximum absolute atomic E-state index is 13.5. The van der Waals surface area contributed by atoms with E-state index in [9.17, 15) is 4.39 Å². The second-order valence-corrected chi connectivity index (χ2v) is 6.06. The summed E-state index contributed by atoms with van der Waals surface area (Å²) in [4.78, 5) is 1.13. The zero-order chi connectivity index (χ0) is 14.1. The van der Waals surface area contributed by atoms with Gasteiger partial charge in [0, 0.05) is 10.6 Å². The van der Waals surface area contributed by atoms with Crippen molar-refractivity contribution in [2.45, 2.75) is 24.0 Å². The molecule has 3 rings (SSSR count).